The third-order valence-corrected chi connectivity index (χ3v) is 2.07. The summed E-state index contributed by atoms with van der Waals surface area (Å²) in [6.45, 7) is 0.206. The van der Waals surface area contributed by atoms with Crippen LogP contribution in [0.4, 0.5) is 0 Å². The molecule has 0 saturated heterocycles. The number of carbonyl (C=O) groups excluding carboxylic acids is 1. The molecule has 1 rings (SSSR count). The SMILES string of the molecule is CNC(=O)c1ccc(CCCO)cc1. The summed E-state index contributed by atoms with van der Waals surface area (Å²) in [5.41, 5.74) is 1.81. The zero-order valence-corrected chi connectivity index (χ0v) is 8.29. The van der Waals surface area contributed by atoms with Gasteiger partial charge in [0.2, 0.25) is 0 Å². The van der Waals surface area contributed by atoms with Gasteiger partial charge in [-0.3, -0.25) is 4.79 Å². The minimum absolute atomic E-state index is 0.0706. The van der Waals surface area contributed by atoms with Gasteiger partial charge in [0.05, 0.1) is 0 Å². The molecule has 0 aromatic heterocycles. The van der Waals surface area contributed by atoms with Crippen LogP contribution >= 0.6 is 0 Å². The van der Waals surface area contributed by atoms with Crippen molar-refractivity contribution in [3.63, 3.8) is 0 Å². The molecule has 76 valence electrons. The van der Waals surface area contributed by atoms with Crippen molar-refractivity contribution in [2.45, 2.75) is 12.8 Å². The molecule has 1 amide bonds. The van der Waals surface area contributed by atoms with Crippen LogP contribution in [0.3, 0.4) is 0 Å². The Balaban J connectivity index is 2.63. The minimum Gasteiger partial charge on any atom is -0.396 e. The zero-order valence-electron chi connectivity index (χ0n) is 8.29. The number of aryl methyl sites for hydroxylation is 1. The summed E-state index contributed by atoms with van der Waals surface area (Å²) < 4.78 is 0. The lowest BCUT2D eigenvalue weighted by molar-refractivity contribution is 0.0963. The fourth-order valence-corrected chi connectivity index (χ4v) is 1.25. The average Bonchev–Trinajstić information content (AvgIpc) is 2.26. The Bertz CT molecular complexity index is 293. The molecule has 1 aromatic rings. The van der Waals surface area contributed by atoms with E-state index in [1.54, 1.807) is 19.2 Å². The summed E-state index contributed by atoms with van der Waals surface area (Å²) in [6.07, 6.45) is 1.61. The average molecular weight is 193 g/mol. The van der Waals surface area contributed by atoms with Crippen LogP contribution in [0.5, 0.6) is 0 Å². The third-order valence-electron chi connectivity index (χ3n) is 2.07. The molecule has 0 atom stereocenters. The number of hydrogen-bond acceptors (Lipinski definition) is 2. The van der Waals surface area contributed by atoms with Gasteiger partial charge in [-0.1, -0.05) is 12.1 Å². The van der Waals surface area contributed by atoms with Crippen LogP contribution in [0.25, 0.3) is 0 Å². The molecule has 0 bridgehead atoms. The molecule has 3 nitrogen and oxygen atoms in total. The maximum atomic E-state index is 11.2. The second kappa shape index (κ2) is 5.40. The molecule has 3 heteroatoms. The van der Waals surface area contributed by atoms with E-state index in [-0.39, 0.29) is 12.5 Å². The van der Waals surface area contributed by atoms with Crippen molar-refractivity contribution in [3.8, 4) is 0 Å². The van der Waals surface area contributed by atoms with E-state index < -0.39 is 0 Å². The summed E-state index contributed by atoms with van der Waals surface area (Å²) in [7, 11) is 1.61. The third kappa shape index (κ3) is 2.85. The van der Waals surface area contributed by atoms with E-state index in [1.165, 1.54) is 0 Å². The smallest absolute Gasteiger partial charge is 0.251 e. The maximum Gasteiger partial charge on any atom is 0.251 e. The van der Waals surface area contributed by atoms with Gasteiger partial charge < -0.3 is 10.4 Å². The minimum atomic E-state index is -0.0706. The highest BCUT2D eigenvalue weighted by Crippen LogP contribution is 2.06. The first kappa shape index (κ1) is 10.7. The van der Waals surface area contributed by atoms with Crippen LogP contribution in [0.1, 0.15) is 22.3 Å². The molecule has 0 radical (unpaired) electrons. The van der Waals surface area contributed by atoms with Crippen molar-refractivity contribution in [2.75, 3.05) is 13.7 Å². The van der Waals surface area contributed by atoms with Gasteiger partial charge in [0.1, 0.15) is 0 Å². The molecule has 14 heavy (non-hydrogen) atoms. The second-order valence-electron chi connectivity index (χ2n) is 3.10. The van der Waals surface area contributed by atoms with Gasteiger partial charge >= 0.3 is 0 Å². The molecule has 1 aromatic carbocycles. The molecular formula is C11H15NO2. The van der Waals surface area contributed by atoms with Gasteiger partial charge in [-0.25, -0.2) is 0 Å². The standard InChI is InChI=1S/C11H15NO2/c1-12-11(14)10-6-4-9(5-7-10)3-2-8-13/h4-7,13H,2-3,8H2,1H3,(H,12,14). The summed E-state index contributed by atoms with van der Waals surface area (Å²) >= 11 is 0. The number of amides is 1. The Morgan fingerprint density at radius 2 is 2.00 bits per heavy atom. The van der Waals surface area contributed by atoms with Crippen molar-refractivity contribution < 1.29 is 9.90 Å². The summed E-state index contributed by atoms with van der Waals surface area (Å²) in [5, 5.41) is 11.2. The highest BCUT2D eigenvalue weighted by atomic mass is 16.2. The van der Waals surface area contributed by atoms with Crippen molar-refractivity contribution >= 4 is 5.91 Å². The van der Waals surface area contributed by atoms with E-state index >= 15 is 0 Å². The predicted octanol–water partition coefficient (Wildman–Crippen LogP) is 0.971. The topological polar surface area (TPSA) is 49.3 Å². The van der Waals surface area contributed by atoms with E-state index in [9.17, 15) is 4.79 Å². The summed E-state index contributed by atoms with van der Waals surface area (Å²) in [6, 6.07) is 7.43. The number of aliphatic hydroxyl groups excluding tert-OH is 1. The largest absolute Gasteiger partial charge is 0.396 e. The number of hydrogen-bond donors (Lipinski definition) is 2. The van der Waals surface area contributed by atoms with E-state index in [1.807, 2.05) is 12.1 Å². The van der Waals surface area contributed by atoms with Crippen LogP contribution in [0.2, 0.25) is 0 Å². The Labute approximate surface area is 83.8 Å². The van der Waals surface area contributed by atoms with E-state index in [4.69, 9.17) is 5.11 Å². The lowest BCUT2D eigenvalue weighted by Crippen LogP contribution is -2.17. The highest BCUT2D eigenvalue weighted by molar-refractivity contribution is 5.93. The Morgan fingerprint density at radius 1 is 1.36 bits per heavy atom. The highest BCUT2D eigenvalue weighted by Gasteiger charge is 2.01. The molecule has 2 N–H and O–H groups in total. The first-order chi connectivity index (χ1) is 6.77. The van der Waals surface area contributed by atoms with E-state index in [0.717, 1.165) is 18.4 Å². The van der Waals surface area contributed by atoms with Gasteiger partial charge in [0, 0.05) is 19.2 Å². The monoisotopic (exact) mass is 193 g/mol. The fourth-order valence-electron chi connectivity index (χ4n) is 1.25. The van der Waals surface area contributed by atoms with Crippen LogP contribution in [-0.4, -0.2) is 24.7 Å². The number of carbonyl (C=O) groups is 1. The Morgan fingerprint density at radius 3 is 2.50 bits per heavy atom. The first-order valence-corrected chi connectivity index (χ1v) is 4.70. The summed E-state index contributed by atoms with van der Waals surface area (Å²) in [4.78, 5) is 11.2. The molecule has 0 aliphatic carbocycles. The Hall–Kier alpha value is -1.35. The van der Waals surface area contributed by atoms with Crippen LogP contribution in [-0.2, 0) is 6.42 Å². The van der Waals surface area contributed by atoms with Crippen molar-refractivity contribution in [3.05, 3.63) is 35.4 Å². The van der Waals surface area contributed by atoms with Crippen molar-refractivity contribution in [2.24, 2.45) is 0 Å². The molecule has 0 aliphatic rings. The molecule has 0 saturated carbocycles. The number of aliphatic hydroxyl groups is 1. The van der Waals surface area contributed by atoms with E-state index in [2.05, 4.69) is 5.32 Å². The van der Waals surface area contributed by atoms with Crippen LogP contribution in [0, 0.1) is 0 Å². The maximum absolute atomic E-state index is 11.2. The quantitative estimate of drug-likeness (QED) is 0.748. The molecular weight excluding hydrogens is 178 g/mol. The van der Waals surface area contributed by atoms with Gasteiger partial charge in [-0.2, -0.15) is 0 Å². The molecule has 0 fully saturated rings. The molecule has 0 heterocycles. The second-order valence-corrected chi connectivity index (χ2v) is 3.10. The summed E-state index contributed by atoms with van der Waals surface area (Å²) in [5.74, 6) is -0.0706. The van der Waals surface area contributed by atoms with Crippen molar-refractivity contribution in [1.82, 2.24) is 5.32 Å². The molecule has 0 aliphatic heterocycles. The Kier molecular flexibility index (Phi) is 4.13. The zero-order chi connectivity index (χ0) is 10.4. The lowest BCUT2D eigenvalue weighted by Gasteiger charge is -2.02. The van der Waals surface area contributed by atoms with Crippen LogP contribution < -0.4 is 5.32 Å². The first-order valence-electron chi connectivity index (χ1n) is 4.70. The van der Waals surface area contributed by atoms with Crippen molar-refractivity contribution in [1.29, 1.82) is 0 Å². The van der Waals surface area contributed by atoms with Gasteiger partial charge in [-0.05, 0) is 30.5 Å². The van der Waals surface area contributed by atoms with Gasteiger partial charge in [-0.15, -0.1) is 0 Å². The molecule has 0 unspecified atom stereocenters. The fraction of sp³-hybridized carbons (Fsp3) is 0.364. The number of benzene rings is 1. The normalized spacial score (nSPS) is 9.86. The molecule has 0 spiro atoms. The van der Waals surface area contributed by atoms with Gasteiger partial charge in [0.25, 0.3) is 5.91 Å². The lowest BCUT2D eigenvalue weighted by atomic mass is 10.1. The van der Waals surface area contributed by atoms with Gasteiger partial charge in [0.15, 0.2) is 0 Å². The number of nitrogens with one attached hydrogen (secondary N) is 1. The number of rotatable bonds is 4. The van der Waals surface area contributed by atoms with Crippen LogP contribution in [0.15, 0.2) is 24.3 Å². The predicted molar refractivity (Wildman–Crippen MR) is 55.2 cm³/mol. The van der Waals surface area contributed by atoms with E-state index in [0.29, 0.717) is 5.56 Å².